The van der Waals surface area contributed by atoms with Gasteiger partial charge in [0.2, 0.25) is 5.91 Å². The number of methoxy groups -OCH3 is 1. The Labute approximate surface area is 158 Å². The number of aromatic nitrogens is 3. The van der Waals surface area contributed by atoms with E-state index in [4.69, 9.17) is 9.72 Å². The van der Waals surface area contributed by atoms with Gasteiger partial charge in [-0.05, 0) is 43.2 Å². The Kier molecular flexibility index (Phi) is 4.79. The van der Waals surface area contributed by atoms with Gasteiger partial charge in [0, 0.05) is 31.7 Å². The Morgan fingerprint density at radius 3 is 3.00 bits per heavy atom. The number of aryl methyl sites for hydroxylation is 1. The fourth-order valence-electron chi connectivity index (χ4n) is 3.87. The molecule has 1 fully saturated rings. The van der Waals surface area contributed by atoms with Crippen LogP contribution in [0.15, 0.2) is 42.6 Å². The first kappa shape index (κ1) is 17.5. The number of amides is 1. The lowest BCUT2D eigenvalue weighted by atomic mass is 10.1. The number of imidazole rings is 1. The van der Waals surface area contributed by atoms with E-state index in [9.17, 15) is 4.79 Å². The van der Waals surface area contributed by atoms with Crippen molar-refractivity contribution in [2.45, 2.75) is 32.2 Å². The number of ether oxygens (including phenoxy) is 1. The molecule has 6 nitrogen and oxygen atoms in total. The summed E-state index contributed by atoms with van der Waals surface area (Å²) in [5.74, 6) is 2.24. The molecule has 6 heteroatoms. The lowest BCUT2D eigenvalue weighted by molar-refractivity contribution is -0.129. The molecular weight excluding hydrogens is 340 g/mol. The first-order valence-corrected chi connectivity index (χ1v) is 9.41. The molecule has 0 radical (unpaired) electrons. The number of benzene rings is 1. The minimum atomic E-state index is 0.156. The predicted molar refractivity (Wildman–Crippen MR) is 104 cm³/mol. The molecule has 1 aliphatic heterocycles. The molecule has 0 bridgehead atoms. The van der Waals surface area contributed by atoms with Crippen molar-refractivity contribution in [2.24, 2.45) is 0 Å². The molecule has 0 spiro atoms. The highest BCUT2D eigenvalue weighted by molar-refractivity contribution is 5.79. The molecule has 0 N–H and O–H groups in total. The van der Waals surface area contributed by atoms with Crippen molar-refractivity contribution in [1.29, 1.82) is 0 Å². The Bertz CT molecular complexity index is 966. The molecule has 140 valence electrons. The Balaban J connectivity index is 1.49. The van der Waals surface area contributed by atoms with E-state index in [-0.39, 0.29) is 11.8 Å². The second-order valence-corrected chi connectivity index (χ2v) is 6.91. The molecule has 1 aromatic carbocycles. The number of fused-ring (bicyclic) bond motifs is 1. The first-order chi connectivity index (χ1) is 13.2. The van der Waals surface area contributed by atoms with Gasteiger partial charge in [-0.3, -0.25) is 4.79 Å². The van der Waals surface area contributed by atoms with E-state index in [1.54, 1.807) is 13.3 Å². The highest BCUT2D eigenvalue weighted by Crippen LogP contribution is 2.29. The van der Waals surface area contributed by atoms with E-state index >= 15 is 0 Å². The Hall–Kier alpha value is -2.89. The molecule has 1 atom stereocenters. The molecule has 3 aromatic rings. The second-order valence-electron chi connectivity index (χ2n) is 6.91. The van der Waals surface area contributed by atoms with Crippen molar-refractivity contribution in [1.82, 2.24) is 19.4 Å². The number of carbonyl (C=O) groups is 1. The third-order valence-corrected chi connectivity index (χ3v) is 5.25. The van der Waals surface area contributed by atoms with Crippen LogP contribution in [-0.4, -0.2) is 45.5 Å². The van der Waals surface area contributed by atoms with Crippen LogP contribution in [0.5, 0.6) is 5.75 Å². The van der Waals surface area contributed by atoms with Crippen LogP contribution >= 0.6 is 0 Å². The molecule has 1 aliphatic rings. The second kappa shape index (κ2) is 7.39. The Morgan fingerprint density at radius 1 is 1.30 bits per heavy atom. The monoisotopic (exact) mass is 364 g/mol. The van der Waals surface area contributed by atoms with Crippen molar-refractivity contribution in [3.8, 4) is 5.75 Å². The number of carbonyl (C=O) groups excluding carboxylic acids is 1. The number of hydrogen-bond donors (Lipinski definition) is 0. The van der Waals surface area contributed by atoms with E-state index < -0.39 is 0 Å². The van der Waals surface area contributed by atoms with Crippen molar-refractivity contribution in [3.63, 3.8) is 0 Å². The standard InChI is InChI=1S/C21H24N4O2/c1-3-25-20(23-18-8-5-10-22-21(18)25)16-9-11-24(14-16)19(26)13-15-6-4-7-17(12-15)27-2/h4-8,10,12,16H,3,9,11,13-14H2,1-2H3/t16-/m1/s1. The van der Waals surface area contributed by atoms with Crippen LogP contribution in [0.25, 0.3) is 11.2 Å². The van der Waals surface area contributed by atoms with Crippen LogP contribution < -0.4 is 4.74 Å². The van der Waals surface area contributed by atoms with Crippen LogP contribution in [0.1, 0.15) is 30.7 Å². The van der Waals surface area contributed by atoms with Gasteiger partial charge in [-0.15, -0.1) is 0 Å². The molecule has 2 aromatic heterocycles. The number of rotatable bonds is 5. The maximum Gasteiger partial charge on any atom is 0.227 e. The highest BCUT2D eigenvalue weighted by atomic mass is 16.5. The smallest absolute Gasteiger partial charge is 0.227 e. The van der Waals surface area contributed by atoms with Crippen molar-refractivity contribution in [2.75, 3.05) is 20.2 Å². The molecule has 27 heavy (non-hydrogen) atoms. The average Bonchev–Trinajstić information content (AvgIpc) is 3.32. The molecular formula is C21H24N4O2. The van der Waals surface area contributed by atoms with Gasteiger partial charge < -0.3 is 14.2 Å². The molecule has 0 saturated carbocycles. The van der Waals surface area contributed by atoms with Crippen LogP contribution in [-0.2, 0) is 17.8 Å². The summed E-state index contributed by atoms with van der Waals surface area (Å²) < 4.78 is 7.43. The van der Waals surface area contributed by atoms with Crippen LogP contribution in [0.4, 0.5) is 0 Å². The first-order valence-electron chi connectivity index (χ1n) is 9.41. The summed E-state index contributed by atoms with van der Waals surface area (Å²) in [6.07, 6.45) is 3.14. The third kappa shape index (κ3) is 3.39. The zero-order chi connectivity index (χ0) is 18.8. The number of nitrogens with zero attached hydrogens (tertiary/aromatic N) is 4. The van der Waals surface area contributed by atoms with E-state index in [1.165, 1.54) is 0 Å². The van der Waals surface area contributed by atoms with Crippen molar-refractivity contribution in [3.05, 3.63) is 54.0 Å². The van der Waals surface area contributed by atoms with Gasteiger partial charge >= 0.3 is 0 Å². The van der Waals surface area contributed by atoms with Crippen LogP contribution in [0.2, 0.25) is 0 Å². The van der Waals surface area contributed by atoms with Gasteiger partial charge in [-0.2, -0.15) is 0 Å². The molecule has 4 rings (SSSR count). The summed E-state index contributed by atoms with van der Waals surface area (Å²) in [6, 6.07) is 11.6. The molecule has 3 heterocycles. The number of likely N-dealkylation sites (tertiary alicyclic amines) is 1. The maximum atomic E-state index is 12.8. The minimum Gasteiger partial charge on any atom is -0.497 e. The summed E-state index contributed by atoms with van der Waals surface area (Å²) in [5, 5.41) is 0. The molecule has 1 amide bonds. The summed E-state index contributed by atoms with van der Waals surface area (Å²) >= 11 is 0. The van der Waals surface area contributed by atoms with Crippen LogP contribution in [0.3, 0.4) is 0 Å². The van der Waals surface area contributed by atoms with Gasteiger partial charge in [0.25, 0.3) is 0 Å². The van der Waals surface area contributed by atoms with Gasteiger partial charge in [0.1, 0.15) is 17.1 Å². The lowest BCUT2D eigenvalue weighted by Gasteiger charge is -2.17. The summed E-state index contributed by atoms with van der Waals surface area (Å²) in [5.41, 5.74) is 2.83. The van der Waals surface area contributed by atoms with Gasteiger partial charge in [0.15, 0.2) is 5.65 Å². The normalized spacial score (nSPS) is 16.8. The minimum absolute atomic E-state index is 0.156. The van der Waals surface area contributed by atoms with E-state index in [0.29, 0.717) is 13.0 Å². The average molecular weight is 364 g/mol. The zero-order valence-corrected chi connectivity index (χ0v) is 15.8. The molecule has 0 unspecified atom stereocenters. The summed E-state index contributed by atoms with van der Waals surface area (Å²) in [6.45, 7) is 4.43. The number of hydrogen-bond acceptors (Lipinski definition) is 4. The van der Waals surface area contributed by atoms with E-state index in [0.717, 1.165) is 47.8 Å². The van der Waals surface area contributed by atoms with E-state index in [2.05, 4.69) is 16.5 Å². The quantitative estimate of drug-likeness (QED) is 0.698. The highest BCUT2D eigenvalue weighted by Gasteiger charge is 2.30. The SMILES string of the molecule is CCn1c([C@@H]2CCN(C(=O)Cc3cccc(OC)c3)C2)nc2cccnc21. The number of pyridine rings is 1. The van der Waals surface area contributed by atoms with Gasteiger partial charge in [-0.25, -0.2) is 9.97 Å². The Morgan fingerprint density at radius 2 is 2.19 bits per heavy atom. The van der Waals surface area contributed by atoms with Gasteiger partial charge in [0.05, 0.1) is 13.5 Å². The largest absolute Gasteiger partial charge is 0.497 e. The third-order valence-electron chi connectivity index (χ3n) is 5.25. The lowest BCUT2D eigenvalue weighted by Crippen LogP contribution is -2.30. The summed E-state index contributed by atoms with van der Waals surface area (Å²) in [4.78, 5) is 24.0. The fourth-order valence-corrected chi connectivity index (χ4v) is 3.87. The molecule has 1 saturated heterocycles. The van der Waals surface area contributed by atoms with Gasteiger partial charge in [-0.1, -0.05) is 12.1 Å². The van der Waals surface area contributed by atoms with Crippen molar-refractivity contribution >= 4 is 17.1 Å². The maximum absolute atomic E-state index is 12.8. The van der Waals surface area contributed by atoms with E-state index in [1.807, 2.05) is 41.3 Å². The zero-order valence-electron chi connectivity index (χ0n) is 15.8. The predicted octanol–water partition coefficient (Wildman–Crippen LogP) is 3.02. The molecule has 0 aliphatic carbocycles. The van der Waals surface area contributed by atoms with Crippen molar-refractivity contribution < 1.29 is 9.53 Å². The topological polar surface area (TPSA) is 60.2 Å². The van der Waals surface area contributed by atoms with Crippen LogP contribution in [0, 0.1) is 0 Å². The summed E-state index contributed by atoms with van der Waals surface area (Å²) in [7, 11) is 1.64. The fraction of sp³-hybridized carbons (Fsp3) is 0.381.